The number of aromatic nitrogens is 4. The van der Waals surface area contributed by atoms with Crippen LogP contribution in [0.3, 0.4) is 0 Å². The van der Waals surface area contributed by atoms with Crippen LogP contribution in [-0.4, -0.2) is 19.5 Å². The average Bonchev–Trinajstić information content (AvgIpc) is 3.12. The van der Waals surface area contributed by atoms with Crippen molar-refractivity contribution in [3.05, 3.63) is 92.8 Å². The number of para-hydroxylation sites is 1. The van der Waals surface area contributed by atoms with E-state index in [2.05, 4.69) is 32.4 Å². The van der Waals surface area contributed by atoms with Gasteiger partial charge >= 0.3 is 5.69 Å². The number of aromatic amines is 1. The minimum Gasteiger partial charge on any atom is -0.347 e. The third-order valence-corrected chi connectivity index (χ3v) is 5.10. The van der Waals surface area contributed by atoms with Gasteiger partial charge in [0.15, 0.2) is 5.65 Å². The minimum absolute atomic E-state index is 0.116. The molecule has 0 saturated heterocycles. The van der Waals surface area contributed by atoms with E-state index in [1.54, 1.807) is 24.3 Å². The summed E-state index contributed by atoms with van der Waals surface area (Å²) in [6.07, 6.45) is 3.41. The van der Waals surface area contributed by atoms with Crippen LogP contribution in [0, 0.1) is 0 Å². The Hall–Kier alpha value is -3.74. The lowest BCUT2D eigenvalue weighted by Gasteiger charge is -2.14. The highest BCUT2D eigenvalue weighted by atomic mass is 16.2. The maximum absolute atomic E-state index is 12.8. The molecule has 1 atom stereocenters. The van der Waals surface area contributed by atoms with Crippen LogP contribution in [-0.2, 0) is 6.42 Å². The predicted molar refractivity (Wildman–Crippen MR) is 107 cm³/mol. The maximum Gasteiger partial charge on any atom is 0.334 e. The first-order valence-electron chi connectivity index (χ1n) is 9.12. The van der Waals surface area contributed by atoms with E-state index in [4.69, 9.17) is 0 Å². The fourth-order valence-corrected chi connectivity index (χ4v) is 3.75. The van der Waals surface area contributed by atoms with E-state index >= 15 is 0 Å². The summed E-state index contributed by atoms with van der Waals surface area (Å²) in [4.78, 5) is 36.7. The van der Waals surface area contributed by atoms with Crippen LogP contribution in [0.25, 0.3) is 16.7 Å². The van der Waals surface area contributed by atoms with Gasteiger partial charge in [-0.05, 0) is 36.1 Å². The van der Waals surface area contributed by atoms with E-state index in [1.165, 1.54) is 17.3 Å². The van der Waals surface area contributed by atoms with Crippen molar-refractivity contribution in [3.63, 3.8) is 0 Å². The summed E-state index contributed by atoms with van der Waals surface area (Å²) in [6.45, 7) is 0. The minimum atomic E-state index is -0.528. The van der Waals surface area contributed by atoms with E-state index < -0.39 is 11.2 Å². The largest absolute Gasteiger partial charge is 0.347 e. The van der Waals surface area contributed by atoms with E-state index in [1.807, 2.05) is 18.2 Å². The highest BCUT2D eigenvalue weighted by Crippen LogP contribution is 2.32. The normalized spacial score (nSPS) is 15.5. The molecule has 2 aromatic heterocycles. The smallest absolute Gasteiger partial charge is 0.334 e. The van der Waals surface area contributed by atoms with E-state index in [0.29, 0.717) is 11.6 Å². The molecule has 0 bridgehead atoms. The van der Waals surface area contributed by atoms with E-state index in [-0.39, 0.29) is 17.1 Å². The molecule has 0 amide bonds. The number of benzene rings is 2. The van der Waals surface area contributed by atoms with Crippen molar-refractivity contribution < 1.29 is 0 Å². The number of fused-ring (bicyclic) bond motifs is 2. The van der Waals surface area contributed by atoms with Gasteiger partial charge in [0.25, 0.3) is 5.56 Å². The zero-order valence-electron chi connectivity index (χ0n) is 14.9. The first kappa shape index (κ1) is 16.4. The van der Waals surface area contributed by atoms with Gasteiger partial charge in [-0.25, -0.2) is 14.3 Å². The molecule has 1 aliphatic carbocycles. The second kappa shape index (κ2) is 6.45. The number of rotatable bonds is 3. The van der Waals surface area contributed by atoms with Crippen molar-refractivity contribution in [2.24, 2.45) is 0 Å². The number of aryl methyl sites for hydroxylation is 1. The monoisotopic (exact) mass is 371 g/mol. The molecular formula is C21H17N5O2. The molecule has 5 rings (SSSR count). The lowest BCUT2D eigenvalue weighted by Crippen LogP contribution is -2.34. The molecule has 2 aromatic carbocycles. The van der Waals surface area contributed by atoms with Gasteiger partial charge in [-0.3, -0.25) is 9.78 Å². The fourth-order valence-electron chi connectivity index (χ4n) is 3.75. The molecule has 2 N–H and O–H groups in total. The van der Waals surface area contributed by atoms with Crippen molar-refractivity contribution in [1.29, 1.82) is 0 Å². The SMILES string of the molecule is O=c1[nH]c2nc(NC3CCc4ccccc43)ncc2c(=O)n1-c1ccccc1. The lowest BCUT2D eigenvalue weighted by atomic mass is 10.1. The Morgan fingerprint density at radius 3 is 2.68 bits per heavy atom. The number of anilines is 1. The van der Waals surface area contributed by atoms with Crippen molar-refractivity contribution in [3.8, 4) is 5.69 Å². The Morgan fingerprint density at radius 1 is 1.04 bits per heavy atom. The maximum atomic E-state index is 12.8. The highest BCUT2D eigenvalue weighted by Gasteiger charge is 2.22. The van der Waals surface area contributed by atoms with Gasteiger partial charge in [0.05, 0.1) is 11.7 Å². The van der Waals surface area contributed by atoms with Crippen LogP contribution in [0.15, 0.2) is 70.4 Å². The van der Waals surface area contributed by atoms with Crippen LogP contribution >= 0.6 is 0 Å². The van der Waals surface area contributed by atoms with Crippen LogP contribution in [0.5, 0.6) is 0 Å². The molecule has 0 saturated carbocycles. The van der Waals surface area contributed by atoms with Crippen molar-refractivity contribution in [2.75, 3.05) is 5.32 Å². The van der Waals surface area contributed by atoms with Gasteiger partial charge in [-0.15, -0.1) is 0 Å². The lowest BCUT2D eigenvalue weighted by molar-refractivity contribution is 0.751. The summed E-state index contributed by atoms with van der Waals surface area (Å²) in [6, 6.07) is 17.2. The van der Waals surface area contributed by atoms with E-state index in [9.17, 15) is 9.59 Å². The molecule has 0 spiro atoms. The van der Waals surface area contributed by atoms with Crippen molar-refractivity contribution in [2.45, 2.75) is 18.9 Å². The third kappa shape index (κ3) is 2.68. The summed E-state index contributed by atoms with van der Waals surface area (Å²) in [5, 5.41) is 3.59. The van der Waals surface area contributed by atoms with Crippen molar-refractivity contribution >= 4 is 17.0 Å². The van der Waals surface area contributed by atoms with Gasteiger partial charge < -0.3 is 5.32 Å². The molecular weight excluding hydrogens is 354 g/mol. The molecule has 1 aliphatic rings. The first-order valence-corrected chi connectivity index (χ1v) is 9.12. The molecule has 4 aromatic rings. The first-order chi connectivity index (χ1) is 13.7. The molecule has 7 heteroatoms. The zero-order chi connectivity index (χ0) is 19.1. The molecule has 0 radical (unpaired) electrons. The number of nitrogens with zero attached hydrogens (tertiary/aromatic N) is 3. The molecule has 1 unspecified atom stereocenters. The summed E-state index contributed by atoms with van der Waals surface area (Å²) in [5.74, 6) is 0.390. The Morgan fingerprint density at radius 2 is 1.82 bits per heavy atom. The molecule has 0 aliphatic heterocycles. The Kier molecular flexibility index (Phi) is 3.79. The van der Waals surface area contributed by atoms with Crippen LogP contribution < -0.4 is 16.6 Å². The van der Waals surface area contributed by atoms with Gasteiger partial charge in [0.1, 0.15) is 5.39 Å². The fraction of sp³-hybridized carbons (Fsp3) is 0.143. The predicted octanol–water partition coefficient (Wildman–Crippen LogP) is 2.57. The topological polar surface area (TPSA) is 92.7 Å². The number of hydrogen-bond donors (Lipinski definition) is 2. The summed E-state index contributed by atoms with van der Waals surface area (Å²) in [7, 11) is 0. The van der Waals surface area contributed by atoms with Crippen molar-refractivity contribution in [1.82, 2.24) is 19.5 Å². The van der Waals surface area contributed by atoms with Gasteiger partial charge in [-0.1, -0.05) is 42.5 Å². The van der Waals surface area contributed by atoms with Gasteiger partial charge in [0.2, 0.25) is 5.95 Å². The average molecular weight is 371 g/mol. The Labute approximate surface area is 159 Å². The third-order valence-electron chi connectivity index (χ3n) is 5.10. The standard InChI is InChI=1S/C21H17N5O2/c27-19-16-12-22-20(23-17-11-10-13-6-4-5-9-15(13)17)24-18(16)25-21(28)26(19)14-7-2-1-3-8-14/h1-9,12,17H,10-11H2,(H2,22,23,24,25,28). The number of H-pyrrole nitrogens is 1. The quantitative estimate of drug-likeness (QED) is 0.577. The molecule has 28 heavy (non-hydrogen) atoms. The second-order valence-corrected chi connectivity index (χ2v) is 6.80. The van der Waals surface area contributed by atoms with E-state index in [0.717, 1.165) is 17.4 Å². The van der Waals surface area contributed by atoms with Gasteiger partial charge in [-0.2, -0.15) is 4.98 Å². The van der Waals surface area contributed by atoms with Crippen LogP contribution in [0.2, 0.25) is 0 Å². The Balaban J connectivity index is 1.54. The second-order valence-electron chi connectivity index (χ2n) is 6.80. The van der Waals surface area contributed by atoms with Gasteiger partial charge in [0, 0.05) is 6.20 Å². The van der Waals surface area contributed by atoms with Crippen LogP contribution in [0.1, 0.15) is 23.6 Å². The summed E-state index contributed by atoms with van der Waals surface area (Å²) in [5.41, 5.74) is 2.31. The molecule has 138 valence electrons. The van der Waals surface area contributed by atoms with Crippen LogP contribution in [0.4, 0.5) is 5.95 Å². The highest BCUT2D eigenvalue weighted by molar-refractivity contribution is 5.73. The molecule has 0 fully saturated rings. The summed E-state index contributed by atoms with van der Waals surface area (Å²) >= 11 is 0. The Bertz CT molecular complexity index is 1290. The summed E-state index contributed by atoms with van der Waals surface area (Å²) < 4.78 is 1.09. The zero-order valence-corrected chi connectivity index (χ0v) is 14.9. The number of nitrogens with one attached hydrogen (secondary N) is 2. The molecule has 7 nitrogen and oxygen atoms in total. The molecule has 2 heterocycles. The number of hydrogen-bond acceptors (Lipinski definition) is 5.